The number of para-hydroxylation sites is 3. The number of aromatic hydroxyl groups is 1. The molecule has 0 saturated carbocycles. The zero-order valence-corrected chi connectivity index (χ0v) is 21.0. The first-order valence-electron chi connectivity index (χ1n) is 12.4. The first-order chi connectivity index (χ1) is 19.0. The molecule has 4 N–H and O–H groups in total. The van der Waals surface area contributed by atoms with Crippen LogP contribution >= 0.6 is 0 Å². The number of amides is 2. The Balaban J connectivity index is 1.24. The van der Waals surface area contributed by atoms with E-state index in [1.165, 1.54) is 0 Å². The first kappa shape index (κ1) is 25.4. The number of phenolic OH excluding ortho intramolecular Hbond substituents is 1. The van der Waals surface area contributed by atoms with E-state index in [2.05, 4.69) is 5.32 Å². The Kier molecular flexibility index (Phi) is 7.45. The lowest BCUT2D eigenvalue weighted by Crippen LogP contribution is -2.34. The van der Waals surface area contributed by atoms with Crippen LogP contribution in [-0.2, 0) is 6.54 Å². The molecule has 1 heterocycles. The highest BCUT2D eigenvalue weighted by molar-refractivity contribution is 6.05. The van der Waals surface area contributed by atoms with Gasteiger partial charge in [-0.15, -0.1) is 0 Å². The van der Waals surface area contributed by atoms with Gasteiger partial charge in [0, 0.05) is 17.5 Å². The van der Waals surface area contributed by atoms with E-state index in [1.54, 1.807) is 83.8 Å². The minimum Gasteiger partial charge on any atom is -0.508 e. The van der Waals surface area contributed by atoms with Crippen molar-refractivity contribution in [1.29, 1.82) is 0 Å². The maximum atomic E-state index is 13.4. The number of hydrogen-bond acceptors (Lipinski definition) is 6. The highest BCUT2D eigenvalue weighted by Crippen LogP contribution is 2.22. The Morgan fingerprint density at radius 2 is 1.62 bits per heavy atom. The van der Waals surface area contributed by atoms with Gasteiger partial charge in [-0.3, -0.25) is 9.59 Å². The highest BCUT2D eigenvalue weighted by atomic mass is 16.5. The van der Waals surface area contributed by atoms with Gasteiger partial charge >= 0.3 is 0 Å². The van der Waals surface area contributed by atoms with Gasteiger partial charge in [-0.25, -0.2) is 0 Å². The van der Waals surface area contributed by atoms with Crippen molar-refractivity contribution in [2.24, 2.45) is 0 Å². The number of hydrogen-bond donors (Lipinski definition) is 3. The molecule has 1 aromatic heterocycles. The quantitative estimate of drug-likeness (QED) is 0.214. The molecule has 0 aliphatic carbocycles. The zero-order chi connectivity index (χ0) is 27.2. The fourth-order valence-corrected chi connectivity index (χ4v) is 4.10. The molecule has 0 fully saturated rings. The number of ether oxygens (including phenoxy) is 1. The summed E-state index contributed by atoms with van der Waals surface area (Å²) in [7, 11) is 0. The summed E-state index contributed by atoms with van der Waals surface area (Å²) in [6.07, 6.45) is 0. The smallest absolute Gasteiger partial charge is 0.290 e. The second-order valence-electron chi connectivity index (χ2n) is 8.96. The lowest BCUT2D eigenvalue weighted by Gasteiger charge is -2.22. The minimum atomic E-state index is -0.282. The van der Waals surface area contributed by atoms with Crippen LogP contribution in [0.25, 0.3) is 11.0 Å². The van der Waals surface area contributed by atoms with Crippen molar-refractivity contribution in [3.63, 3.8) is 0 Å². The zero-order valence-electron chi connectivity index (χ0n) is 21.0. The largest absolute Gasteiger partial charge is 0.508 e. The SMILES string of the molecule is Nc1ccccc1NC(=O)c1ccc(OCCN(Cc2ccc(O)cc2)C(=O)c2cc3ccccc3o2)cc1. The van der Waals surface area contributed by atoms with Crippen molar-refractivity contribution in [2.45, 2.75) is 6.54 Å². The van der Waals surface area contributed by atoms with Gasteiger partial charge in [-0.05, 0) is 66.2 Å². The number of nitrogens with zero attached hydrogens (tertiary/aromatic N) is 1. The summed E-state index contributed by atoms with van der Waals surface area (Å²) in [6, 6.07) is 29.7. The van der Waals surface area contributed by atoms with E-state index < -0.39 is 0 Å². The van der Waals surface area contributed by atoms with Crippen molar-refractivity contribution in [3.05, 3.63) is 120 Å². The predicted molar refractivity (Wildman–Crippen MR) is 150 cm³/mol. The van der Waals surface area contributed by atoms with Gasteiger partial charge in [0.15, 0.2) is 5.76 Å². The Labute approximate surface area is 225 Å². The molecule has 5 rings (SSSR count). The van der Waals surface area contributed by atoms with Gasteiger partial charge in [0.1, 0.15) is 23.7 Å². The summed E-state index contributed by atoms with van der Waals surface area (Å²) in [5, 5.41) is 13.3. The number of phenols is 1. The van der Waals surface area contributed by atoms with Crippen LogP contribution in [0, 0.1) is 0 Å². The summed E-state index contributed by atoms with van der Waals surface area (Å²) < 4.78 is 11.7. The third-order valence-corrected chi connectivity index (χ3v) is 6.19. The topological polar surface area (TPSA) is 118 Å². The van der Waals surface area contributed by atoms with Gasteiger partial charge in [0.2, 0.25) is 0 Å². The number of nitrogen functional groups attached to an aromatic ring is 1. The summed E-state index contributed by atoms with van der Waals surface area (Å²) in [5.74, 6) is 0.406. The Morgan fingerprint density at radius 3 is 2.36 bits per heavy atom. The van der Waals surface area contributed by atoms with Gasteiger partial charge in [-0.2, -0.15) is 0 Å². The van der Waals surface area contributed by atoms with Crippen LogP contribution in [0.5, 0.6) is 11.5 Å². The van der Waals surface area contributed by atoms with E-state index >= 15 is 0 Å². The fraction of sp³-hybridized carbons (Fsp3) is 0.0968. The molecule has 8 nitrogen and oxygen atoms in total. The fourth-order valence-electron chi connectivity index (χ4n) is 4.10. The maximum absolute atomic E-state index is 13.4. The molecule has 0 saturated heterocycles. The number of benzene rings is 4. The van der Waals surface area contributed by atoms with Crippen molar-refractivity contribution in [3.8, 4) is 11.5 Å². The predicted octanol–water partition coefficient (Wildman–Crippen LogP) is 5.69. The van der Waals surface area contributed by atoms with Gasteiger partial charge in [0.05, 0.1) is 17.9 Å². The van der Waals surface area contributed by atoms with E-state index in [4.69, 9.17) is 14.9 Å². The summed E-state index contributed by atoms with van der Waals surface area (Å²) in [6.45, 7) is 0.809. The number of carbonyl (C=O) groups is 2. The van der Waals surface area contributed by atoms with E-state index in [0.717, 1.165) is 10.9 Å². The Bertz CT molecular complexity index is 1560. The molecule has 0 aliphatic rings. The standard InChI is InChI=1S/C31H27N3O5/c32-26-6-2-3-7-27(26)33-30(36)22-11-15-25(16-12-22)38-18-17-34(20-21-9-13-24(35)14-10-21)31(37)29-19-23-5-1-4-8-28(23)39-29/h1-16,19,35H,17-18,20,32H2,(H,33,36). The molecule has 0 unspecified atom stereocenters. The number of nitrogens with two attached hydrogens (primary N) is 1. The van der Waals surface area contributed by atoms with Crippen LogP contribution in [0.15, 0.2) is 108 Å². The average Bonchev–Trinajstić information content (AvgIpc) is 3.39. The van der Waals surface area contributed by atoms with E-state index in [9.17, 15) is 14.7 Å². The molecular formula is C31H27N3O5. The van der Waals surface area contributed by atoms with Crippen LogP contribution in [0.1, 0.15) is 26.5 Å². The van der Waals surface area contributed by atoms with Crippen LogP contribution in [0.3, 0.4) is 0 Å². The van der Waals surface area contributed by atoms with Crippen LogP contribution in [0.4, 0.5) is 11.4 Å². The number of anilines is 2. The summed E-state index contributed by atoms with van der Waals surface area (Å²) in [4.78, 5) is 27.6. The average molecular weight is 522 g/mol. The summed E-state index contributed by atoms with van der Waals surface area (Å²) >= 11 is 0. The molecule has 0 spiro atoms. The maximum Gasteiger partial charge on any atom is 0.290 e. The van der Waals surface area contributed by atoms with Crippen molar-refractivity contribution in [1.82, 2.24) is 4.90 Å². The molecule has 0 aliphatic heterocycles. The van der Waals surface area contributed by atoms with Crippen LogP contribution in [-0.4, -0.2) is 35.0 Å². The summed E-state index contributed by atoms with van der Waals surface area (Å²) in [5.41, 5.74) is 8.89. The van der Waals surface area contributed by atoms with Crippen LogP contribution < -0.4 is 15.8 Å². The van der Waals surface area contributed by atoms with Gasteiger partial charge < -0.3 is 30.2 Å². The second-order valence-corrected chi connectivity index (χ2v) is 8.96. The molecule has 0 atom stereocenters. The van der Waals surface area contributed by atoms with Gasteiger partial charge in [0.25, 0.3) is 11.8 Å². The molecule has 196 valence electrons. The highest BCUT2D eigenvalue weighted by Gasteiger charge is 2.20. The number of carbonyl (C=O) groups excluding carboxylic acids is 2. The van der Waals surface area contributed by atoms with Crippen LogP contribution in [0.2, 0.25) is 0 Å². The number of fused-ring (bicyclic) bond motifs is 1. The van der Waals surface area contributed by atoms with Crippen molar-refractivity contribution in [2.75, 3.05) is 24.2 Å². The monoisotopic (exact) mass is 521 g/mol. The normalized spacial score (nSPS) is 10.8. The van der Waals surface area contributed by atoms with E-state index in [0.29, 0.717) is 34.8 Å². The molecular weight excluding hydrogens is 494 g/mol. The lowest BCUT2D eigenvalue weighted by molar-refractivity contribution is 0.0686. The molecule has 39 heavy (non-hydrogen) atoms. The van der Waals surface area contributed by atoms with Crippen molar-refractivity contribution >= 4 is 34.2 Å². The second kappa shape index (κ2) is 11.4. The Hall–Kier alpha value is -5.24. The van der Waals surface area contributed by atoms with E-state index in [-0.39, 0.29) is 36.5 Å². The molecule has 0 radical (unpaired) electrons. The van der Waals surface area contributed by atoms with E-state index in [1.807, 2.05) is 24.3 Å². The minimum absolute atomic E-state index is 0.154. The lowest BCUT2D eigenvalue weighted by atomic mass is 10.2. The Morgan fingerprint density at radius 1 is 0.897 bits per heavy atom. The number of furan rings is 1. The molecule has 2 amide bonds. The third kappa shape index (κ3) is 6.19. The first-order valence-corrected chi connectivity index (χ1v) is 12.4. The molecule has 5 aromatic rings. The number of nitrogens with one attached hydrogen (secondary N) is 1. The molecule has 8 heteroatoms. The van der Waals surface area contributed by atoms with Crippen molar-refractivity contribution < 1.29 is 23.8 Å². The third-order valence-electron chi connectivity index (χ3n) is 6.19. The van der Waals surface area contributed by atoms with Gasteiger partial charge in [-0.1, -0.05) is 42.5 Å². The molecule has 4 aromatic carbocycles. The number of rotatable bonds is 9. The molecule has 0 bridgehead atoms.